The van der Waals surface area contributed by atoms with E-state index in [1.807, 2.05) is 51.8 Å². The van der Waals surface area contributed by atoms with Crippen molar-refractivity contribution in [3.05, 3.63) is 29.3 Å². The van der Waals surface area contributed by atoms with Gasteiger partial charge in [0, 0.05) is 13.7 Å². The minimum atomic E-state index is -1.27. The average molecular weight is 565 g/mol. The van der Waals surface area contributed by atoms with Crippen LogP contribution >= 0.6 is 0 Å². The first kappa shape index (κ1) is 35.6. The second-order valence-electron chi connectivity index (χ2n) is 11.6. The predicted octanol–water partition coefficient (Wildman–Crippen LogP) is 4.28. The Morgan fingerprint density at radius 3 is 2.35 bits per heavy atom. The third-order valence-electron chi connectivity index (χ3n) is 6.79. The second-order valence-corrected chi connectivity index (χ2v) is 11.6. The fraction of sp³-hybridized carbons (Fsp3) is 0.710. The molecule has 0 aliphatic rings. The van der Waals surface area contributed by atoms with E-state index in [1.54, 1.807) is 21.1 Å². The average Bonchev–Trinajstić information content (AvgIpc) is 2.90. The highest BCUT2D eigenvalue weighted by atomic mass is 16.7. The number of carbonyl (C=O) groups is 1. The number of nitrogens with one attached hydrogen (secondary N) is 2. The Labute approximate surface area is 240 Å². The molecule has 1 aromatic rings. The van der Waals surface area contributed by atoms with Crippen LogP contribution in [-0.4, -0.2) is 68.7 Å². The zero-order valence-electron chi connectivity index (χ0n) is 26.0. The Kier molecular flexibility index (Phi) is 16.1. The fourth-order valence-electron chi connectivity index (χ4n) is 4.21. The molecular weight excluding hydrogens is 512 g/mol. The van der Waals surface area contributed by atoms with Crippen LogP contribution in [0.15, 0.2) is 23.8 Å². The number of amides is 1. The van der Waals surface area contributed by atoms with Gasteiger partial charge in [0.05, 0.1) is 36.9 Å². The highest BCUT2D eigenvalue weighted by molar-refractivity contribution is 5.84. The van der Waals surface area contributed by atoms with Gasteiger partial charge in [-0.05, 0) is 76.5 Å². The molecule has 0 bridgehead atoms. The van der Waals surface area contributed by atoms with Crippen LogP contribution in [0.3, 0.4) is 0 Å². The molecule has 0 saturated heterocycles. The van der Waals surface area contributed by atoms with Crippen molar-refractivity contribution in [2.24, 2.45) is 17.8 Å². The molecule has 0 spiro atoms. The molecule has 0 aliphatic heterocycles. The van der Waals surface area contributed by atoms with Crippen LogP contribution in [-0.2, 0) is 25.6 Å². The summed E-state index contributed by atoms with van der Waals surface area (Å²) in [6.07, 6.45) is 1.68. The van der Waals surface area contributed by atoms with Crippen LogP contribution in [0.1, 0.15) is 73.3 Å². The molecule has 0 radical (unpaired) electrons. The molecule has 4 atom stereocenters. The summed E-state index contributed by atoms with van der Waals surface area (Å²) < 4.78 is 16.4. The quantitative estimate of drug-likeness (QED) is 0.130. The first-order chi connectivity index (χ1) is 18.9. The van der Waals surface area contributed by atoms with E-state index < -0.39 is 23.7 Å². The van der Waals surface area contributed by atoms with E-state index >= 15 is 0 Å². The van der Waals surface area contributed by atoms with Crippen LogP contribution in [0.4, 0.5) is 0 Å². The predicted molar refractivity (Wildman–Crippen MR) is 157 cm³/mol. The smallest absolute Gasteiger partial charge is 0.227 e. The van der Waals surface area contributed by atoms with Crippen LogP contribution in [0, 0.1) is 17.8 Å². The number of aliphatic hydroxyl groups is 1. The molecule has 1 amide bonds. The number of unbranched alkanes of at least 4 members (excludes halogenated alkanes) is 1. The molecule has 3 N–H and O–H groups in total. The van der Waals surface area contributed by atoms with Crippen LogP contribution in [0.25, 0.3) is 0 Å². The lowest BCUT2D eigenvalue weighted by molar-refractivity contribution is -0.124. The standard InChI is InChI=1S/C31H52N2O7/c1-10-11-14-32-30(36)22(4)25(20-34)29(35)26(33-40-31(5,6)7)19-24(21(2)3)17-23-12-13-27(38-9)28(18-23)39-16-15-37-8/h12-13,18,21-22,24,26,29,33,35H,10-11,14-17,19H2,1-9H3,(H,32,36)/t22-,24+,26+,29+/m1/s1. The number of carbonyl (C=O) groups excluding carboxylic acids is 2. The van der Waals surface area contributed by atoms with Crippen molar-refractivity contribution in [2.45, 2.75) is 91.9 Å². The Morgan fingerprint density at radius 1 is 1.10 bits per heavy atom. The van der Waals surface area contributed by atoms with Gasteiger partial charge in [-0.15, -0.1) is 0 Å². The minimum absolute atomic E-state index is 0.00444. The molecule has 0 aliphatic carbocycles. The molecule has 9 heteroatoms. The maximum absolute atomic E-state index is 12.7. The maximum Gasteiger partial charge on any atom is 0.227 e. The number of aliphatic hydroxyl groups excluding tert-OH is 1. The van der Waals surface area contributed by atoms with E-state index in [0.717, 1.165) is 18.4 Å². The zero-order valence-corrected chi connectivity index (χ0v) is 26.0. The maximum atomic E-state index is 12.7. The lowest BCUT2D eigenvalue weighted by Gasteiger charge is -2.33. The summed E-state index contributed by atoms with van der Waals surface area (Å²) in [6, 6.07) is 5.20. The monoisotopic (exact) mass is 564 g/mol. The number of hydrogen-bond donors (Lipinski definition) is 3. The Balaban J connectivity index is 3.21. The normalized spacial score (nSPS) is 14.7. The van der Waals surface area contributed by atoms with Crippen LogP contribution < -0.4 is 20.3 Å². The van der Waals surface area contributed by atoms with Gasteiger partial charge in [-0.2, -0.15) is 5.48 Å². The first-order valence-electron chi connectivity index (χ1n) is 14.3. The minimum Gasteiger partial charge on any atom is -0.493 e. The Bertz CT molecular complexity index is 938. The molecule has 40 heavy (non-hydrogen) atoms. The number of benzene rings is 1. The third kappa shape index (κ3) is 12.4. The Hall–Kier alpha value is -2.42. The summed E-state index contributed by atoms with van der Waals surface area (Å²) in [7, 11) is 3.22. The number of hydroxylamine groups is 1. The second kappa shape index (κ2) is 18.1. The third-order valence-corrected chi connectivity index (χ3v) is 6.79. The van der Waals surface area contributed by atoms with Gasteiger partial charge in [-0.1, -0.05) is 33.3 Å². The summed E-state index contributed by atoms with van der Waals surface area (Å²) in [6.45, 7) is 15.0. The highest BCUT2D eigenvalue weighted by Crippen LogP contribution is 2.32. The molecule has 0 saturated carbocycles. The van der Waals surface area contributed by atoms with Crippen molar-refractivity contribution in [2.75, 3.05) is 34.0 Å². The number of rotatable bonds is 19. The molecule has 0 unspecified atom stereocenters. The van der Waals surface area contributed by atoms with Gasteiger partial charge in [-0.3, -0.25) is 9.63 Å². The SMILES string of the molecule is CCCCNC(=O)[C@H](C)C(=C=O)[C@H](O)[C@H](C[C@H](Cc1ccc(OC)c(OCCOC)c1)C(C)C)NOC(C)(C)C. The zero-order chi connectivity index (χ0) is 30.3. The van der Waals surface area contributed by atoms with E-state index in [0.29, 0.717) is 44.1 Å². The summed E-state index contributed by atoms with van der Waals surface area (Å²) in [5.74, 6) is 2.35. The Morgan fingerprint density at radius 2 is 1.80 bits per heavy atom. The molecule has 1 rings (SSSR count). The van der Waals surface area contributed by atoms with Gasteiger partial charge < -0.3 is 24.6 Å². The molecule has 228 valence electrons. The number of hydrogen-bond acceptors (Lipinski definition) is 8. The van der Waals surface area contributed by atoms with Gasteiger partial charge in [-0.25, -0.2) is 4.79 Å². The van der Waals surface area contributed by atoms with Gasteiger partial charge >= 0.3 is 0 Å². The van der Waals surface area contributed by atoms with E-state index in [9.17, 15) is 14.7 Å². The topological polar surface area (TPSA) is 115 Å². The summed E-state index contributed by atoms with van der Waals surface area (Å²) in [5, 5.41) is 14.3. The van der Waals surface area contributed by atoms with Crippen molar-refractivity contribution in [1.82, 2.24) is 10.8 Å². The largest absolute Gasteiger partial charge is 0.493 e. The summed E-state index contributed by atoms with van der Waals surface area (Å²) in [5.41, 5.74) is 3.53. The van der Waals surface area contributed by atoms with Crippen LogP contribution in [0.2, 0.25) is 0 Å². The van der Waals surface area contributed by atoms with E-state index in [-0.39, 0.29) is 23.3 Å². The lowest BCUT2D eigenvalue weighted by Crippen LogP contribution is -2.48. The fourth-order valence-corrected chi connectivity index (χ4v) is 4.21. The van der Waals surface area contributed by atoms with Gasteiger partial charge in [0.15, 0.2) is 11.5 Å². The lowest BCUT2D eigenvalue weighted by atomic mass is 9.81. The summed E-state index contributed by atoms with van der Waals surface area (Å²) >= 11 is 0. The van der Waals surface area contributed by atoms with Gasteiger partial charge in [0.1, 0.15) is 18.7 Å². The van der Waals surface area contributed by atoms with Crippen molar-refractivity contribution in [3.63, 3.8) is 0 Å². The molecule has 0 fully saturated rings. The van der Waals surface area contributed by atoms with Gasteiger partial charge in [0.2, 0.25) is 5.91 Å². The van der Waals surface area contributed by atoms with E-state index in [2.05, 4.69) is 24.6 Å². The van der Waals surface area contributed by atoms with Crippen LogP contribution in [0.5, 0.6) is 11.5 Å². The highest BCUT2D eigenvalue weighted by Gasteiger charge is 2.34. The van der Waals surface area contributed by atoms with Crippen molar-refractivity contribution in [3.8, 4) is 11.5 Å². The van der Waals surface area contributed by atoms with Crippen molar-refractivity contribution >= 4 is 11.8 Å². The van der Waals surface area contributed by atoms with E-state index in [4.69, 9.17) is 19.0 Å². The van der Waals surface area contributed by atoms with Crippen molar-refractivity contribution in [1.29, 1.82) is 0 Å². The first-order valence-corrected chi connectivity index (χ1v) is 14.3. The molecule has 0 heterocycles. The molecular formula is C31H52N2O7. The molecule has 0 aromatic heterocycles. The molecule has 1 aromatic carbocycles. The van der Waals surface area contributed by atoms with Gasteiger partial charge in [0.25, 0.3) is 0 Å². The van der Waals surface area contributed by atoms with E-state index in [1.165, 1.54) is 0 Å². The number of methoxy groups -OCH3 is 2. The summed E-state index contributed by atoms with van der Waals surface area (Å²) in [4.78, 5) is 30.6. The number of ether oxygens (including phenoxy) is 3. The van der Waals surface area contributed by atoms with Crippen molar-refractivity contribution < 1.29 is 33.7 Å². The molecule has 9 nitrogen and oxygen atoms in total.